The highest BCUT2D eigenvalue weighted by atomic mass is 16.5. The van der Waals surface area contributed by atoms with E-state index in [1.807, 2.05) is 12.1 Å². The lowest BCUT2D eigenvalue weighted by molar-refractivity contribution is -0.131. The summed E-state index contributed by atoms with van der Waals surface area (Å²) in [6.45, 7) is 3.09. The van der Waals surface area contributed by atoms with Crippen molar-refractivity contribution in [3.05, 3.63) is 24.3 Å². The topological polar surface area (TPSA) is 64.3 Å². The van der Waals surface area contributed by atoms with E-state index in [2.05, 4.69) is 12.2 Å². The molecule has 1 aromatic carbocycles. The number of nitrogens with two attached hydrogens (primary N) is 1. The Hall–Kier alpha value is -1.71. The first-order valence-corrected chi connectivity index (χ1v) is 7.37. The lowest BCUT2D eigenvalue weighted by Crippen LogP contribution is -2.41. The molecule has 0 aromatic heterocycles. The Morgan fingerprint density at radius 1 is 1.25 bits per heavy atom. The highest BCUT2D eigenvalue weighted by Gasteiger charge is 2.33. The van der Waals surface area contributed by atoms with Gasteiger partial charge in [0.1, 0.15) is 12.4 Å². The zero-order chi connectivity index (χ0) is 14.4. The van der Waals surface area contributed by atoms with Gasteiger partial charge in [-0.15, -0.1) is 0 Å². The van der Waals surface area contributed by atoms with Crippen molar-refractivity contribution in [1.82, 2.24) is 5.32 Å². The number of rotatable bonds is 5. The SMILES string of the molecule is CC1(C(=O)NCCOc2ccc(N)cc2)CCCCC1. The summed E-state index contributed by atoms with van der Waals surface area (Å²) in [5.41, 5.74) is 6.14. The number of hydrogen-bond acceptors (Lipinski definition) is 3. The van der Waals surface area contributed by atoms with Gasteiger partial charge >= 0.3 is 0 Å². The standard InChI is InChI=1S/C16H24N2O2/c1-16(9-3-2-4-10-16)15(19)18-11-12-20-14-7-5-13(17)6-8-14/h5-8H,2-4,9-12,17H2,1H3,(H,18,19). The van der Waals surface area contributed by atoms with Crippen LogP contribution in [0.1, 0.15) is 39.0 Å². The Morgan fingerprint density at radius 2 is 1.90 bits per heavy atom. The summed E-state index contributed by atoms with van der Waals surface area (Å²) in [5.74, 6) is 0.940. The van der Waals surface area contributed by atoms with E-state index in [1.54, 1.807) is 12.1 Å². The fourth-order valence-electron chi connectivity index (χ4n) is 2.67. The highest BCUT2D eigenvalue weighted by Crippen LogP contribution is 2.35. The predicted octanol–water partition coefficient (Wildman–Crippen LogP) is 2.73. The molecular formula is C16H24N2O2. The molecular weight excluding hydrogens is 252 g/mol. The van der Waals surface area contributed by atoms with Crippen LogP contribution in [-0.2, 0) is 4.79 Å². The van der Waals surface area contributed by atoms with Gasteiger partial charge in [0.05, 0.1) is 6.54 Å². The van der Waals surface area contributed by atoms with E-state index in [-0.39, 0.29) is 11.3 Å². The van der Waals surface area contributed by atoms with Crippen molar-refractivity contribution in [1.29, 1.82) is 0 Å². The van der Waals surface area contributed by atoms with Crippen molar-refractivity contribution in [2.45, 2.75) is 39.0 Å². The van der Waals surface area contributed by atoms with Crippen molar-refractivity contribution in [3.63, 3.8) is 0 Å². The maximum atomic E-state index is 12.2. The first kappa shape index (κ1) is 14.7. The van der Waals surface area contributed by atoms with Crippen LogP contribution in [0.2, 0.25) is 0 Å². The van der Waals surface area contributed by atoms with Crippen molar-refractivity contribution in [2.24, 2.45) is 5.41 Å². The summed E-state index contributed by atoms with van der Waals surface area (Å²) in [6, 6.07) is 7.27. The molecule has 4 heteroatoms. The highest BCUT2D eigenvalue weighted by molar-refractivity contribution is 5.82. The van der Waals surface area contributed by atoms with E-state index in [9.17, 15) is 4.79 Å². The summed E-state index contributed by atoms with van der Waals surface area (Å²) in [4.78, 5) is 12.2. The zero-order valence-corrected chi connectivity index (χ0v) is 12.2. The average molecular weight is 276 g/mol. The number of carbonyl (C=O) groups is 1. The lowest BCUT2D eigenvalue weighted by Gasteiger charge is -2.31. The van der Waals surface area contributed by atoms with Crippen molar-refractivity contribution in [2.75, 3.05) is 18.9 Å². The van der Waals surface area contributed by atoms with E-state index in [0.29, 0.717) is 13.2 Å². The molecule has 0 bridgehead atoms. The molecule has 1 saturated carbocycles. The van der Waals surface area contributed by atoms with E-state index in [4.69, 9.17) is 10.5 Å². The van der Waals surface area contributed by atoms with Gasteiger partial charge in [-0.25, -0.2) is 0 Å². The van der Waals surface area contributed by atoms with Crippen LogP contribution in [0.25, 0.3) is 0 Å². The molecule has 3 N–H and O–H groups in total. The Labute approximate surface area is 120 Å². The van der Waals surface area contributed by atoms with Crippen molar-refractivity contribution < 1.29 is 9.53 Å². The van der Waals surface area contributed by atoms with Crippen LogP contribution in [0, 0.1) is 5.41 Å². The van der Waals surface area contributed by atoms with Crippen LogP contribution in [0.5, 0.6) is 5.75 Å². The second kappa shape index (κ2) is 6.64. The fourth-order valence-corrected chi connectivity index (χ4v) is 2.67. The molecule has 20 heavy (non-hydrogen) atoms. The van der Waals surface area contributed by atoms with Gasteiger partial charge in [0.25, 0.3) is 0 Å². The van der Waals surface area contributed by atoms with Gasteiger partial charge in [-0.3, -0.25) is 4.79 Å². The smallest absolute Gasteiger partial charge is 0.226 e. The number of anilines is 1. The van der Waals surface area contributed by atoms with E-state index < -0.39 is 0 Å². The zero-order valence-electron chi connectivity index (χ0n) is 12.2. The molecule has 0 spiro atoms. The first-order chi connectivity index (χ1) is 9.60. The minimum absolute atomic E-state index is 0.165. The molecule has 110 valence electrons. The third-order valence-corrected chi connectivity index (χ3v) is 4.04. The van der Waals surface area contributed by atoms with Gasteiger partial charge < -0.3 is 15.8 Å². The Morgan fingerprint density at radius 3 is 2.55 bits per heavy atom. The number of carbonyl (C=O) groups excluding carboxylic acids is 1. The lowest BCUT2D eigenvalue weighted by atomic mass is 9.75. The number of nitrogen functional groups attached to an aromatic ring is 1. The summed E-state index contributed by atoms with van der Waals surface area (Å²) in [7, 11) is 0. The van der Waals surface area contributed by atoms with Gasteiger partial charge in [0.2, 0.25) is 5.91 Å². The maximum absolute atomic E-state index is 12.2. The molecule has 0 radical (unpaired) electrons. The predicted molar refractivity (Wildman–Crippen MR) is 80.6 cm³/mol. The van der Waals surface area contributed by atoms with Crippen LogP contribution < -0.4 is 15.8 Å². The molecule has 2 rings (SSSR count). The number of amides is 1. The second-order valence-corrected chi connectivity index (χ2v) is 5.79. The Kier molecular flexibility index (Phi) is 4.88. The van der Waals surface area contributed by atoms with Crippen LogP contribution in [-0.4, -0.2) is 19.1 Å². The summed E-state index contributed by atoms with van der Waals surface area (Å²) < 4.78 is 5.56. The van der Waals surface area contributed by atoms with Gasteiger partial charge in [0, 0.05) is 11.1 Å². The molecule has 0 heterocycles. The van der Waals surface area contributed by atoms with E-state index in [1.165, 1.54) is 6.42 Å². The molecule has 0 unspecified atom stereocenters. The molecule has 1 aliphatic rings. The number of benzene rings is 1. The maximum Gasteiger partial charge on any atom is 0.226 e. The quantitative estimate of drug-likeness (QED) is 0.642. The van der Waals surface area contributed by atoms with Gasteiger partial charge in [-0.05, 0) is 37.1 Å². The largest absolute Gasteiger partial charge is 0.492 e. The molecule has 0 atom stereocenters. The summed E-state index contributed by atoms with van der Waals surface area (Å²) in [5, 5.41) is 2.99. The van der Waals surface area contributed by atoms with Gasteiger partial charge in [-0.2, -0.15) is 0 Å². The molecule has 1 amide bonds. The van der Waals surface area contributed by atoms with Crippen molar-refractivity contribution >= 4 is 11.6 Å². The number of hydrogen-bond donors (Lipinski definition) is 2. The third kappa shape index (κ3) is 3.89. The molecule has 1 aliphatic carbocycles. The molecule has 1 aromatic rings. The van der Waals surface area contributed by atoms with Crippen LogP contribution in [0.3, 0.4) is 0 Å². The second-order valence-electron chi connectivity index (χ2n) is 5.79. The van der Waals surface area contributed by atoms with E-state index in [0.717, 1.165) is 37.1 Å². The molecule has 1 fully saturated rings. The normalized spacial score (nSPS) is 17.4. The van der Waals surface area contributed by atoms with Crippen LogP contribution >= 0.6 is 0 Å². The number of ether oxygens (including phenoxy) is 1. The monoisotopic (exact) mass is 276 g/mol. The number of nitrogens with one attached hydrogen (secondary N) is 1. The van der Waals surface area contributed by atoms with Crippen molar-refractivity contribution in [3.8, 4) is 5.75 Å². The minimum atomic E-state index is -0.181. The Bertz CT molecular complexity index is 436. The Balaban J connectivity index is 1.70. The molecule has 4 nitrogen and oxygen atoms in total. The summed E-state index contributed by atoms with van der Waals surface area (Å²) >= 11 is 0. The first-order valence-electron chi connectivity index (χ1n) is 7.37. The van der Waals surface area contributed by atoms with Gasteiger partial charge in [-0.1, -0.05) is 26.2 Å². The summed E-state index contributed by atoms with van der Waals surface area (Å²) in [6.07, 6.45) is 5.57. The average Bonchev–Trinajstić information content (AvgIpc) is 2.46. The molecule has 0 aliphatic heterocycles. The van der Waals surface area contributed by atoms with Gasteiger partial charge in [0.15, 0.2) is 0 Å². The molecule has 0 saturated heterocycles. The third-order valence-electron chi connectivity index (χ3n) is 4.04. The van der Waals surface area contributed by atoms with Crippen LogP contribution in [0.4, 0.5) is 5.69 Å². The fraction of sp³-hybridized carbons (Fsp3) is 0.562. The van der Waals surface area contributed by atoms with E-state index >= 15 is 0 Å². The van der Waals surface area contributed by atoms with Crippen LogP contribution in [0.15, 0.2) is 24.3 Å². The minimum Gasteiger partial charge on any atom is -0.492 e.